The fraction of sp³-hybridized carbons (Fsp3) is 0.364. The van der Waals surface area contributed by atoms with Crippen molar-refractivity contribution in [2.45, 2.75) is 25.9 Å². The lowest BCUT2D eigenvalue weighted by molar-refractivity contribution is -0.442. The van der Waals surface area contributed by atoms with Gasteiger partial charge in [-0.15, -0.1) is 0 Å². The van der Waals surface area contributed by atoms with E-state index in [0.29, 0.717) is 41.9 Å². The fourth-order valence-corrected chi connectivity index (χ4v) is 4.09. The Morgan fingerprint density at radius 3 is 2.69 bits per heavy atom. The number of benzene rings is 1. The number of fused-ring (bicyclic) bond motifs is 1. The van der Waals surface area contributed by atoms with E-state index in [2.05, 4.69) is 10.1 Å². The quantitative estimate of drug-likeness (QED) is 0.696. The lowest BCUT2D eigenvalue weighted by atomic mass is 9.99. The number of aromatic nitrogens is 1. The summed E-state index contributed by atoms with van der Waals surface area (Å²) in [6.07, 6.45) is -1.62. The second-order valence-corrected chi connectivity index (χ2v) is 8.02. The number of alkyl halides is 3. The van der Waals surface area contributed by atoms with Crippen molar-refractivity contribution in [1.29, 1.82) is 0 Å². The van der Waals surface area contributed by atoms with E-state index in [1.165, 1.54) is 6.92 Å². The number of piperidine rings is 1. The second kappa shape index (κ2) is 8.01. The largest absolute Gasteiger partial charge is 0.507 e. The Hall–Kier alpha value is -3.27. The molecule has 3 heterocycles. The van der Waals surface area contributed by atoms with E-state index in [1.807, 2.05) is 6.21 Å². The van der Waals surface area contributed by atoms with Gasteiger partial charge in [0.1, 0.15) is 12.4 Å². The van der Waals surface area contributed by atoms with Crippen molar-refractivity contribution in [3.63, 3.8) is 0 Å². The van der Waals surface area contributed by atoms with Crippen LogP contribution in [0.5, 0.6) is 5.75 Å². The number of hydrogen-bond acceptors (Lipinski definition) is 5. The van der Waals surface area contributed by atoms with Crippen LogP contribution in [0.4, 0.5) is 13.2 Å². The summed E-state index contributed by atoms with van der Waals surface area (Å²) in [7, 11) is 1.74. The van der Waals surface area contributed by atoms with Gasteiger partial charge in [0.2, 0.25) is 11.4 Å². The van der Waals surface area contributed by atoms with Crippen LogP contribution in [0.1, 0.15) is 24.0 Å². The topological polar surface area (TPSA) is 89.0 Å². The van der Waals surface area contributed by atoms with Crippen molar-refractivity contribution < 1.29 is 32.9 Å². The highest BCUT2D eigenvalue weighted by atomic mass is 19.4. The molecule has 1 aromatic heterocycles. The number of nitrogens with zero attached hydrogens (tertiary/aromatic N) is 4. The number of rotatable bonds is 3. The zero-order chi connectivity index (χ0) is 23.2. The molecule has 1 saturated heterocycles. The van der Waals surface area contributed by atoms with Crippen molar-refractivity contribution in [1.82, 2.24) is 9.88 Å². The Kier molecular flexibility index (Phi) is 5.49. The van der Waals surface area contributed by atoms with Crippen molar-refractivity contribution in [2.24, 2.45) is 11.0 Å². The molecule has 4 rings (SSSR count). The Morgan fingerprint density at radius 2 is 2.06 bits per heavy atom. The molecule has 2 aliphatic rings. The van der Waals surface area contributed by atoms with Gasteiger partial charge in [0.25, 0.3) is 5.70 Å². The Morgan fingerprint density at radius 1 is 1.31 bits per heavy atom. The van der Waals surface area contributed by atoms with E-state index in [4.69, 9.17) is 0 Å². The minimum atomic E-state index is -4.57. The highest BCUT2D eigenvalue weighted by Crippen LogP contribution is 2.38. The van der Waals surface area contributed by atoms with Gasteiger partial charge in [-0.3, -0.25) is 4.79 Å². The number of phenols is 1. The van der Waals surface area contributed by atoms with Gasteiger partial charge < -0.3 is 15.1 Å². The maximum absolute atomic E-state index is 13.0. The molecule has 1 aromatic carbocycles. The number of aliphatic hydroxyl groups is 1. The molecule has 0 spiro atoms. The standard InChI is InChI=1S/C22H21F3N4O3/c1-12-7-14(22(23,24)25)8-18(31)20(12)16-5-4-15-17(11-30)29(27-21(15)26-16)10-13-3-6-19(32)28(2)9-13/h4-5,7-8,10,13,30H,3,6,9,11H2,1-2H3/p+1/b29-10+. The van der Waals surface area contributed by atoms with Crippen LogP contribution in [0.15, 0.2) is 29.4 Å². The molecule has 2 N–H and O–H groups in total. The lowest BCUT2D eigenvalue weighted by Gasteiger charge is -2.25. The maximum Gasteiger partial charge on any atom is 0.416 e. The van der Waals surface area contributed by atoms with Crippen molar-refractivity contribution >= 4 is 17.8 Å². The highest BCUT2D eigenvalue weighted by Gasteiger charge is 2.33. The van der Waals surface area contributed by atoms with Crippen molar-refractivity contribution in [3.8, 4) is 17.0 Å². The first-order valence-corrected chi connectivity index (χ1v) is 10.1. The minimum Gasteiger partial charge on any atom is -0.507 e. The zero-order valence-electron chi connectivity index (χ0n) is 17.5. The van der Waals surface area contributed by atoms with Crippen molar-refractivity contribution in [3.05, 3.63) is 46.1 Å². The first kappa shape index (κ1) is 21.9. The van der Waals surface area contributed by atoms with Crippen LogP contribution in [0.25, 0.3) is 17.0 Å². The number of aryl methyl sites for hydroxylation is 1. The van der Waals surface area contributed by atoms with Crippen molar-refractivity contribution in [2.75, 3.05) is 20.2 Å². The van der Waals surface area contributed by atoms with Crippen LogP contribution in [0, 0.1) is 12.8 Å². The number of pyridine rings is 1. The molecular weight excluding hydrogens is 425 g/mol. The third-order valence-electron chi connectivity index (χ3n) is 5.73. The summed E-state index contributed by atoms with van der Waals surface area (Å²) in [5, 5.41) is 25.2. The molecule has 2 aliphatic heterocycles. The number of hydrogen-bond donors (Lipinski definition) is 2. The Balaban J connectivity index is 1.75. The molecule has 1 amide bonds. The van der Waals surface area contributed by atoms with Crippen LogP contribution >= 0.6 is 0 Å². The van der Waals surface area contributed by atoms with E-state index in [9.17, 15) is 28.2 Å². The van der Waals surface area contributed by atoms with Crippen LogP contribution < -0.4 is 10.7 Å². The number of aromatic hydroxyl groups is 1. The van der Waals surface area contributed by atoms with Gasteiger partial charge in [0, 0.05) is 30.7 Å². The normalized spacial score (nSPS) is 20.0. The number of aliphatic hydroxyl groups excluding tert-OH is 1. The molecule has 2 aromatic rings. The molecule has 1 fully saturated rings. The number of carbonyl (C=O) groups is 1. The van der Waals surface area contributed by atoms with E-state index in [0.717, 1.165) is 6.07 Å². The second-order valence-electron chi connectivity index (χ2n) is 8.02. The zero-order valence-corrected chi connectivity index (χ0v) is 17.5. The van der Waals surface area contributed by atoms with Gasteiger partial charge in [0.05, 0.1) is 22.4 Å². The lowest BCUT2D eigenvalue weighted by Crippen LogP contribution is -2.38. The molecule has 168 valence electrons. The van der Waals surface area contributed by atoms with Crippen LogP contribution in [0.3, 0.4) is 0 Å². The van der Waals surface area contributed by atoms with Crippen LogP contribution in [0.2, 0.25) is 0 Å². The Bertz CT molecular complexity index is 1230. The molecule has 7 nitrogen and oxygen atoms in total. The maximum atomic E-state index is 13.0. The first-order valence-electron chi connectivity index (χ1n) is 10.1. The predicted octanol–water partition coefficient (Wildman–Crippen LogP) is 1.38. The summed E-state index contributed by atoms with van der Waals surface area (Å²) >= 11 is 0. The summed E-state index contributed by atoms with van der Waals surface area (Å²) in [6, 6.07) is 4.90. The molecule has 0 saturated carbocycles. The van der Waals surface area contributed by atoms with E-state index in [1.54, 1.807) is 28.8 Å². The van der Waals surface area contributed by atoms with E-state index >= 15 is 0 Å². The minimum absolute atomic E-state index is 0.0537. The highest BCUT2D eigenvalue weighted by molar-refractivity contribution is 5.78. The van der Waals surface area contributed by atoms with Gasteiger partial charge in [-0.1, -0.05) is 4.68 Å². The molecule has 32 heavy (non-hydrogen) atoms. The molecule has 0 radical (unpaired) electrons. The van der Waals surface area contributed by atoms with E-state index < -0.39 is 17.5 Å². The summed E-state index contributed by atoms with van der Waals surface area (Å²) in [6.45, 7) is 1.72. The molecule has 0 aliphatic carbocycles. The van der Waals surface area contributed by atoms with Gasteiger partial charge in [-0.05, 0) is 43.2 Å². The van der Waals surface area contributed by atoms with E-state index in [-0.39, 0.29) is 35.3 Å². The fourth-order valence-electron chi connectivity index (χ4n) is 4.09. The summed E-state index contributed by atoms with van der Waals surface area (Å²) in [5.74, 6) is -0.383. The van der Waals surface area contributed by atoms with Crippen LogP contribution in [-0.2, 0) is 11.0 Å². The van der Waals surface area contributed by atoms with Gasteiger partial charge in [-0.25, -0.2) is 4.98 Å². The molecule has 10 heteroatoms. The molecule has 0 bridgehead atoms. The summed E-state index contributed by atoms with van der Waals surface area (Å²) in [4.78, 5) is 17.8. The van der Waals surface area contributed by atoms with Gasteiger partial charge >= 0.3 is 6.18 Å². The average molecular weight is 447 g/mol. The number of halogens is 3. The average Bonchev–Trinajstić information content (AvgIpc) is 3.05. The Labute approximate surface area is 181 Å². The number of phenolic OH excluding ortho intramolecular Hbond substituents is 1. The number of amides is 1. The van der Waals surface area contributed by atoms with Gasteiger partial charge in [-0.2, -0.15) is 13.2 Å². The molecule has 1 unspecified atom stereocenters. The third-order valence-corrected chi connectivity index (χ3v) is 5.73. The monoisotopic (exact) mass is 447 g/mol. The van der Waals surface area contributed by atoms with Crippen LogP contribution in [-0.4, -0.2) is 57.1 Å². The smallest absolute Gasteiger partial charge is 0.416 e. The number of likely N-dealkylation sites (tertiary alicyclic amines) is 1. The summed E-state index contributed by atoms with van der Waals surface area (Å²) in [5.41, 5.74) is 0.575. The first-order chi connectivity index (χ1) is 15.1. The molecule has 1 atom stereocenters. The number of carbonyl (C=O) groups excluding carboxylic acids is 1. The predicted molar refractivity (Wildman–Crippen MR) is 109 cm³/mol. The SMILES string of the molecule is Cc1cc(C(F)(F)F)cc(O)c1-c1ccc2c(n1)=N/[N+](=C/C1CCC(=O)N(C)C1)C=2CO. The van der Waals surface area contributed by atoms with Gasteiger partial charge in [0.15, 0.2) is 6.21 Å². The third kappa shape index (κ3) is 3.97. The molecular formula is C22H22F3N4O3+. The summed E-state index contributed by atoms with van der Waals surface area (Å²) < 4.78 is 40.6.